The summed E-state index contributed by atoms with van der Waals surface area (Å²) in [5, 5.41) is 10.9. The van der Waals surface area contributed by atoms with Crippen molar-refractivity contribution in [1.82, 2.24) is 0 Å². The van der Waals surface area contributed by atoms with Crippen LogP contribution in [0.1, 0.15) is 18.9 Å². The monoisotopic (exact) mass is 350 g/mol. The van der Waals surface area contributed by atoms with Gasteiger partial charge in [-0.3, -0.25) is 0 Å². The van der Waals surface area contributed by atoms with Crippen LogP contribution < -0.4 is 0 Å². The molecule has 2 rings (SSSR count). The van der Waals surface area contributed by atoms with Crippen LogP contribution in [0.5, 0.6) is 0 Å². The van der Waals surface area contributed by atoms with Gasteiger partial charge in [0.05, 0.1) is 0 Å². The number of hydrogen-bond donors (Lipinski definition) is 1. The molecule has 1 N–H and O–H groups in total. The Morgan fingerprint density at radius 2 is 1.93 bits per heavy atom. The molecule has 1 heterocycles. The third-order valence-electron chi connectivity index (χ3n) is 2.89. The molecule has 0 aliphatic carbocycles. The minimum absolute atomic E-state index is 0.263. The smallest absolute Gasteiger partial charge is 0.102 e. The van der Waals surface area contributed by atoms with Crippen molar-refractivity contribution in [3.63, 3.8) is 0 Å². The molecule has 1 aliphatic rings. The molecule has 0 saturated carbocycles. The van der Waals surface area contributed by atoms with Crippen molar-refractivity contribution in [2.45, 2.75) is 24.2 Å². The van der Waals surface area contributed by atoms with Crippen LogP contribution in [-0.2, 0) is 5.60 Å². The molecule has 1 fully saturated rings. The molecule has 0 aromatic heterocycles. The molecule has 0 bridgehead atoms. The molecule has 1 saturated heterocycles. The SMILES string of the molecule is C[C@H]1SCC[C@]1(O)c1cc(Br)cc(Br)c1. The molecule has 2 atom stereocenters. The van der Waals surface area contributed by atoms with Crippen molar-refractivity contribution in [2.24, 2.45) is 0 Å². The van der Waals surface area contributed by atoms with E-state index in [1.165, 1.54) is 0 Å². The number of benzene rings is 1. The lowest BCUT2D eigenvalue weighted by Crippen LogP contribution is -2.31. The molecule has 1 aliphatic heterocycles. The molecule has 1 aromatic carbocycles. The fraction of sp³-hybridized carbons (Fsp3) is 0.455. The average Bonchev–Trinajstić information content (AvgIpc) is 2.47. The summed E-state index contributed by atoms with van der Waals surface area (Å²) in [4.78, 5) is 0. The first-order chi connectivity index (χ1) is 7.02. The van der Waals surface area contributed by atoms with Crippen molar-refractivity contribution in [3.8, 4) is 0 Å². The number of hydrogen-bond acceptors (Lipinski definition) is 2. The second-order valence-electron chi connectivity index (χ2n) is 3.85. The largest absolute Gasteiger partial charge is 0.384 e. The summed E-state index contributed by atoms with van der Waals surface area (Å²) >= 11 is 8.74. The molecule has 0 radical (unpaired) electrons. The Hall–Kier alpha value is 0.490. The van der Waals surface area contributed by atoms with E-state index < -0.39 is 5.60 Å². The number of halogens is 2. The Balaban J connectivity index is 2.44. The van der Waals surface area contributed by atoms with Crippen molar-refractivity contribution in [3.05, 3.63) is 32.7 Å². The van der Waals surface area contributed by atoms with Gasteiger partial charge in [-0.05, 0) is 35.9 Å². The van der Waals surface area contributed by atoms with Crippen LogP contribution in [0.4, 0.5) is 0 Å². The van der Waals surface area contributed by atoms with Gasteiger partial charge in [-0.2, -0.15) is 11.8 Å². The van der Waals surface area contributed by atoms with E-state index in [1.54, 1.807) is 0 Å². The fourth-order valence-corrected chi connectivity index (χ4v) is 4.52. The average molecular weight is 352 g/mol. The van der Waals surface area contributed by atoms with Gasteiger partial charge in [-0.1, -0.05) is 38.8 Å². The van der Waals surface area contributed by atoms with E-state index in [2.05, 4.69) is 38.8 Å². The molecule has 15 heavy (non-hydrogen) atoms. The molecule has 0 amide bonds. The van der Waals surface area contributed by atoms with Gasteiger partial charge in [0.15, 0.2) is 0 Å². The lowest BCUT2D eigenvalue weighted by atomic mass is 9.89. The minimum Gasteiger partial charge on any atom is -0.384 e. The van der Waals surface area contributed by atoms with Crippen molar-refractivity contribution in [2.75, 3.05) is 5.75 Å². The van der Waals surface area contributed by atoms with Gasteiger partial charge in [-0.25, -0.2) is 0 Å². The number of thioether (sulfide) groups is 1. The summed E-state index contributed by atoms with van der Waals surface area (Å²) in [6, 6.07) is 6.00. The minimum atomic E-state index is -0.670. The Morgan fingerprint density at radius 1 is 1.33 bits per heavy atom. The summed E-state index contributed by atoms with van der Waals surface area (Å²) in [6.07, 6.45) is 0.835. The van der Waals surface area contributed by atoms with Crippen molar-refractivity contribution in [1.29, 1.82) is 0 Å². The van der Waals surface area contributed by atoms with E-state index in [-0.39, 0.29) is 5.25 Å². The van der Waals surface area contributed by atoms with Gasteiger partial charge < -0.3 is 5.11 Å². The van der Waals surface area contributed by atoms with Gasteiger partial charge in [0, 0.05) is 14.2 Å². The van der Waals surface area contributed by atoms with Gasteiger partial charge in [0.2, 0.25) is 0 Å². The zero-order valence-corrected chi connectivity index (χ0v) is 12.3. The highest BCUT2D eigenvalue weighted by molar-refractivity contribution is 9.11. The predicted octanol–water partition coefficient (Wildman–Crippen LogP) is 3.92. The molecule has 82 valence electrons. The van der Waals surface area contributed by atoms with Crippen LogP contribution in [0.3, 0.4) is 0 Å². The van der Waals surface area contributed by atoms with Crippen molar-refractivity contribution < 1.29 is 5.11 Å². The molecule has 0 unspecified atom stereocenters. The van der Waals surface area contributed by atoms with Crippen LogP contribution in [0, 0.1) is 0 Å². The highest BCUT2D eigenvalue weighted by Gasteiger charge is 2.40. The Kier molecular flexibility index (Phi) is 3.51. The molecular formula is C11H12Br2OS. The van der Waals surface area contributed by atoms with E-state index in [1.807, 2.05) is 30.0 Å². The summed E-state index contributed by atoms with van der Waals surface area (Å²) in [5.41, 5.74) is 0.331. The van der Waals surface area contributed by atoms with Gasteiger partial charge in [0.1, 0.15) is 5.60 Å². The van der Waals surface area contributed by atoms with Crippen LogP contribution >= 0.6 is 43.6 Å². The topological polar surface area (TPSA) is 20.2 Å². The Morgan fingerprint density at radius 3 is 2.40 bits per heavy atom. The second-order valence-corrected chi connectivity index (χ2v) is 7.13. The lowest BCUT2D eigenvalue weighted by molar-refractivity contribution is 0.0426. The molecule has 1 nitrogen and oxygen atoms in total. The fourth-order valence-electron chi connectivity index (χ4n) is 1.92. The summed E-state index contributed by atoms with van der Waals surface area (Å²) < 4.78 is 2.01. The van der Waals surface area contributed by atoms with Gasteiger partial charge >= 0.3 is 0 Å². The lowest BCUT2D eigenvalue weighted by Gasteiger charge is -2.27. The van der Waals surface area contributed by atoms with Crippen LogP contribution in [-0.4, -0.2) is 16.1 Å². The van der Waals surface area contributed by atoms with Crippen LogP contribution in [0.2, 0.25) is 0 Å². The third-order valence-corrected chi connectivity index (χ3v) is 5.13. The Labute approximate surface area is 111 Å². The highest BCUT2D eigenvalue weighted by atomic mass is 79.9. The van der Waals surface area contributed by atoms with E-state index in [0.29, 0.717) is 0 Å². The first kappa shape index (κ1) is 12.0. The van der Waals surface area contributed by atoms with Crippen LogP contribution in [0.25, 0.3) is 0 Å². The summed E-state index contributed by atoms with van der Waals surface area (Å²) in [7, 11) is 0. The normalized spacial score (nSPS) is 30.8. The van der Waals surface area contributed by atoms with Crippen LogP contribution in [0.15, 0.2) is 27.1 Å². The van der Waals surface area contributed by atoms with Crippen molar-refractivity contribution >= 4 is 43.6 Å². The standard InChI is InChI=1S/C11H12Br2OS/c1-7-11(14,2-3-15-7)8-4-9(12)6-10(13)5-8/h4-7,14H,2-3H2,1H3/t7-,11-/m1/s1. The van der Waals surface area contributed by atoms with E-state index >= 15 is 0 Å². The molecule has 4 heteroatoms. The predicted molar refractivity (Wildman–Crippen MR) is 72.3 cm³/mol. The zero-order valence-electron chi connectivity index (χ0n) is 8.34. The molecule has 1 aromatic rings. The first-order valence-electron chi connectivity index (χ1n) is 4.83. The van der Waals surface area contributed by atoms with Gasteiger partial charge in [0.25, 0.3) is 0 Å². The zero-order chi connectivity index (χ0) is 11.1. The Bertz CT molecular complexity index is 363. The maximum atomic E-state index is 10.6. The summed E-state index contributed by atoms with van der Waals surface area (Å²) in [6.45, 7) is 2.09. The second kappa shape index (κ2) is 4.40. The number of rotatable bonds is 1. The number of aliphatic hydroxyl groups is 1. The van der Waals surface area contributed by atoms with E-state index in [4.69, 9.17) is 0 Å². The van der Waals surface area contributed by atoms with E-state index in [9.17, 15) is 5.11 Å². The molecule has 0 spiro atoms. The summed E-state index contributed by atoms with van der Waals surface area (Å²) in [5.74, 6) is 1.03. The third kappa shape index (κ3) is 2.28. The van der Waals surface area contributed by atoms with E-state index in [0.717, 1.165) is 26.7 Å². The maximum Gasteiger partial charge on any atom is 0.102 e. The first-order valence-corrected chi connectivity index (χ1v) is 7.46. The van der Waals surface area contributed by atoms with Gasteiger partial charge in [-0.15, -0.1) is 0 Å². The highest BCUT2D eigenvalue weighted by Crippen LogP contribution is 2.44. The maximum absolute atomic E-state index is 10.6. The quantitative estimate of drug-likeness (QED) is 0.827. The molecular weight excluding hydrogens is 340 g/mol.